The molecule has 96 valence electrons. The number of aromatic nitrogens is 5. The summed E-state index contributed by atoms with van der Waals surface area (Å²) < 4.78 is 2.48. The van der Waals surface area contributed by atoms with Crippen LogP contribution in [-0.2, 0) is 11.3 Å². The van der Waals surface area contributed by atoms with Gasteiger partial charge in [-0.2, -0.15) is 0 Å². The van der Waals surface area contributed by atoms with Crippen molar-refractivity contribution in [1.29, 1.82) is 0 Å². The smallest absolute Gasteiger partial charge is 0.331 e. The molecule has 0 radical (unpaired) electrons. The van der Waals surface area contributed by atoms with Crippen molar-refractivity contribution in [2.45, 2.75) is 6.54 Å². The van der Waals surface area contributed by atoms with Crippen LogP contribution < -0.4 is 11.0 Å². The zero-order valence-corrected chi connectivity index (χ0v) is 9.78. The SMILES string of the molecule is O=C(Cn1nc2ccccn2c1=O)Nc1ncc[nH]1. The lowest BCUT2D eigenvalue weighted by molar-refractivity contribution is -0.117. The summed E-state index contributed by atoms with van der Waals surface area (Å²) in [6.07, 6.45) is 4.71. The van der Waals surface area contributed by atoms with Gasteiger partial charge in [-0.25, -0.2) is 14.5 Å². The van der Waals surface area contributed by atoms with E-state index in [9.17, 15) is 9.59 Å². The summed E-state index contributed by atoms with van der Waals surface area (Å²) >= 11 is 0. The van der Waals surface area contributed by atoms with Gasteiger partial charge in [0.2, 0.25) is 11.9 Å². The first-order valence-corrected chi connectivity index (χ1v) is 5.57. The summed E-state index contributed by atoms with van der Waals surface area (Å²) in [5.74, 6) is -0.0396. The van der Waals surface area contributed by atoms with Crippen LogP contribution in [0, 0.1) is 0 Å². The normalized spacial score (nSPS) is 10.7. The molecule has 0 spiro atoms. The van der Waals surface area contributed by atoms with Crippen molar-refractivity contribution in [1.82, 2.24) is 24.1 Å². The molecule has 0 aliphatic rings. The molecule has 3 rings (SSSR count). The molecule has 3 aromatic heterocycles. The van der Waals surface area contributed by atoms with Crippen LogP contribution in [-0.4, -0.2) is 30.1 Å². The second-order valence-electron chi connectivity index (χ2n) is 3.86. The molecule has 3 heterocycles. The van der Waals surface area contributed by atoms with E-state index in [4.69, 9.17) is 0 Å². The lowest BCUT2D eigenvalue weighted by Gasteiger charge is -2.00. The number of nitrogens with zero attached hydrogens (tertiary/aromatic N) is 4. The Balaban J connectivity index is 1.83. The lowest BCUT2D eigenvalue weighted by atomic mass is 10.5. The number of carbonyl (C=O) groups is 1. The van der Waals surface area contributed by atoms with E-state index < -0.39 is 0 Å². The molecule has 3 aromatic rings. The molecular weight excluding hydrogens is 248 g/mol. The fraction of sp³-hybridized carbons (Fsp3) is 0.0909. The van der Waals surface area contributed by atoms with Crippen LogP contribution in [0.25, 0.3) is 5.65 Å². The van der Waals surface area contributed by atoms with Crippen LogP contribution in [0.4, 0.5) is 5.95 Å². The van der Waals surface area contributed by atoms with Gasteiger partial charge in [-0.3, -0.25) is 14.5 Å². The Morgan fingerprint density at radius 1 is 1.42 bits per heavy atom. The quantitative estimate of drug-likeness (QED) is 0.683. The fourth-order valence-electron chi connectivity index (χ4n) is 1.71. The van der Waals surface area contributed by atoms with Crippen molar-refractivity contribution < 1.29 is 4.79 Å². The highest BCUT2D eigenvalue weighted by molar-refractivity contribution is 5.88. The van der Waals surface area contributed by atoms with Crippen molar-refractivity contribution >= 4 is 17.5 Å². The number of amides is 1. The highest BCUT2D eigenvalue weighted by Gasteiger charge is 2.10. The number of aromatic amines is 1. The van der Waals surface area contributed by atoms with Crippen LogP contribution in [0.5, 0.6) is 0 Å². The van der Waals surface area contributed by atoms with Crippen LogP contribution in [0.2, 0.25) is 0 Å². The third-order valence-corrected chi connectivity index (χ3v) is 2.54. The number of carbonyl (C=O) groups excluding carboxylic acids is 1. The Hall–Kier alpha value is -2.90. The number of H-pyrrole nitrogens is 1. The molecule has 0 saturated heterocycles. The Kier molecular flexibility index (Phi) is 2.60. The van der Waals surface area contributed by atoms with Gasteiger partial charge in [-0.1, -0.05) is 6.07 Å². The second kappa shape index (κ2) is 4.41. The maximum Gasteiger partial charge on any atom is 0.350 e. The van der Waals surface area contributed by atoms with Crippen molar-refractivity contribution in [2.75, 3.05) is 5.32 Å². The topological polar surface area (TPSA) is 97.1 Å². The van der Waals surface area contributed by atoms with Gasteiger partial charge in [0.15, 0.2) is 5.65 Å². The molecule has 19 heavy (non-hydrogen) atoms. The van der Waals surface area contributed by atoms with Crippen LogP contribution in [0.3, 0.4) is 0 Å². The first-order chi connectivity index (χ1) is 9.24. The zero-order valence-electron chi connectivity index (χ0n) is 9.78. The first-order valence-electron chi connectivity index (χ1n) is 5.57. The van der Waals surface area contributed by atoms with E-state index in [1.807, 2.05) is 0 Å². The maximum atomic E-state index is 11.9. The van der Waals surface area contributed by atoms with Gasteiger partial charge in [0.1, 0.15) is 6.54 Å². The summed E-state index contributed by atoms with van der Waals surface area (Å²) in [5.41, 5.74) is 0.142. The van der Waals surface area contributed by atoms with Gasteiger partial charge in [0.05, 0.1) is 0 Å². The third kappa shape index (κ3) is 2.10. The van der Waals surface area contributed by atoms with E-state index in [1.165, 1.54) is 10.6 Å². The molecule has 8 nitrogen and oxygen atoms in total. The van der Waals surface area contributed by atoms with E-state index in [-0.39, 0.29) is 18.1 Å². The third-order valence-electron chi connectivity index (χ3n) is 2.54. The molecule has 0 unspecified atom stereocenters. The molecule has 0 atom stereocenters. The summed E-state index contributed by atoms with van der Waals surface area (Å²) in [6, 6.07) is 5.20. The minimum absolute atomic E-state index is 0.165. The summed E-state index contributed by atoms with van der Waals surface area (Å²) in [5, 5.41) is 6.58. The Bertz CT molecular complexity index is 770. The number of nitrogens with one attached hydrogen (secondary N) is 2. The molecule has 0 bridgehead atoms. The highest BCUT2D eigenvalue weighted by Crippen LogP contribution is 1.97. The van der Waals surface area contributed by atoms with Crippen molar-refractivity contribution in [3.05, 3.63) is 47.3 Å². The molecular formula is C11H10N6O2. The van der Waals surface area contributed by atoms with Gasteiger partial charge in [0, 0.05) is 18.6 Å². The minimum atomic E-state index is -0.375. The number of rotatable bonds is 3. The largest absolute Gasteiger partial charge is 0.350 e. The summed E-state index contributed by atoms with van der Waals surface area (Å²) in [6.45, 7) is -0.165. The van der Waals surface area contributed by atoms with Gasteiger partial charge in [0.25, 0.3) is 0 Å². The number of pyridine rings is 1. The van der Waals surface area contributed by atoms with Gasteiger partial charge < -0.3 is 4.98 Å². The van der Waals surface area contributed by atoms with Gasteiger partial charge in [-0.05, 0) is 12.1 Å². The second-order valence-corrected chi connectivity index (χ2v) is 3.86. The predicted molar refractivity (Wildman–Crippen MR) is 66.7 cm³/mol. The van der Waals surface area contributed by atoms with E-state index in [0.717, 1.165) is 4.68 Å². The Morgan fingerprint density at radius 3 is 3.05 bits per heavy atom. The average Bonchev–Trinajstić information content (AvgIpc) is 3.00. The van der Waals surface area contributed by atoms with Gasteiger partial charge in [-0.15, -0.1) is 5.10 Å². The molecule has 0 fully saturated rings. The van der Waals surface area contributed by atoms with Crippen molar-refractivity contribution in [2.24, 2.45) is 0 Å². The average molecular weight is 258 g/mol. The summed E-state index contributed by atoms with van der Waals surface area (Å²) in [4.78, 5) is 30.3. The molecule has 0 aliphatic carbocycles. The molecule has 1 amide bonds. The maximum absolute atomic E-state index is 11.9. The van der Waals surface area contributed by atoms with Crippen LogP contribution >= 0.6 is 0 Å². The van der Waals surface area contributed by atoms with Crippen molar-refractivity contribution in [3.8, 4) is 0 Å². The van der Waals surface area contributed by atoms with Crippen molar-refractivity contribution in [3.63, 3.8) is 0 Å². The van der Waals surface area contributed by atoms with Gasteiger partial charge >= 0.3 is 5.69 Å². The molecule has 2 N–H and O–H groups in total. The lowest BCUT2D eigenvalue weighted by Crippen LogP contribution is -2.28. The fourth-order valence-corrected chi connectivity index (χ4v) is 1.71. The van der Waals surface area contributed by atoms with E-state index in [0.29, 0.717) is 11.6 Å². The highest BCUT2D eigenvalue weighted by atomic mass is 16.2. The minimum Gasteiger partial charge on any atom is -0.331 e. The zero-order chi connectivity index (χ0) is 13.2. The first kappa shape index (κ1) is 11.2. The van der Waals surface area contributed by atoms with E-state index in [1.54, 1.807) is 30.6 Å². The van der Waals surface area contributed by atoms with Crippen LogP contribution in [0.1, 0.15) is 0 Å². The summed E-state index contributed by atoms with van der Waals surface area (Å²) in [7, 11) is 0. The number of anilines is 1. The van der Waals surface area contributed by atoms with Crippen LogP contribution in [0.15, 0.2) is 41.6 Å². The molecule has 0 aromatic carbocycles. The number of fused-ring (bicyclic) bond motifs is 1. The van der Waals surface area contributed by atoms with E-state index >= 15 is 0 Å². The predicted octanol–water partition coefficient (Wildman–Crippen LogP) is -0.142. The molecule has 0 aliphatic heterocycles. The Morgan fingerprint density at radius 2 is 2.32 bits per heavy atom. The number of imidazole rings is 1. The standard InChI is InChI=1S/C11H10N6O2/c18-9(14-10-12-4-5-13-10)7-17-11(19)16-6-2-1-3-8(16)15-17/h1-6H,7H2,(H2,12,13,14,18). The Labute approximate surface area is 106 Å². The number of hydrogen-bond donors (Lipinski definition) is 2. The molecule has 0 saturated carbocycles. The number of hydrogen-bond acceptors (Lipinski definition) is 4. The van der Waals surface area contributed by atoms with E-state index in [2.05, 4.69) is 20.4 Å². The molecule has 8 heteroatoms. The monoisotopic (exact) mass is 258 g/mol.